The first kappa shape index (κ1) is 15.1. The summed E-state index contributed by atoms with van der Waals surface area (Å²) in [6.07, 6.45) is -0.0480. The average molecular weight is 271 g/mol. The van der Waals surface area contributed by atoms with Crippen molar-refractivity contribution in [2.24, 2.45) is 0 Å². The quantitative estimate of drug-likeness (QED) is 0.888. The van der Waals surface area contributed by atoms with E-state index in [1.54, 1.807) is 0 Å². The Labute approximate surface area is 109 Å². The number of carboxylic acid groups (broad SMARTS) is 1. The lowest BCUT2D eigenvalue weighted by Crippen LogP contribution is -2.40. The molecule has 1 atom stereocenters. The van der Waals surface area contributed by atoms with Crippen LogP contribution in [-0.4, -0.2) is 35.0 Å². The van der Waals surface area contributed by atoms with Crippen LogP contribution in [0.3, 0.4) is 0 Å². The molecule has 1 rings (SSSR count). The highest BCUT2D eigenvalue weighted by Crippen LogP contribution is 2.12. The van der Waals surface area contributed by atoms with Crippen molar-refractivity contribution in [3.63, 3.8) is 0 Å². The third kappa shape index (κ3) is 4.01. The van der Waals surface area contributed by atoms with Crippen LogP contribution < -0.4 is 0 Å². The van der Waals surface area contributed by atoms with Crippen LogP contribution in [0.25, 0.3) is 0 Å². The van der Waals surface area contributed by atoms with Crippen molar-refractivity contribution in [1.82, 2.24) is 4.90 Å². The van der Waals surface area contributed by atoms with E-state index in [0.29, 0.717) is 0 Å². The molecule has 1 aromatic carbocycles. The fourth-order valence-electron chi connectivity index (χ4n) is 1.53. The molecule has 0 bridgehead atoms. The lowest BCUT2D eigenvalue weighted by Gasteiger charge is -2.21. The van der Waals surface area contributed by atoms with Gasteiger partial charge in [-0.2, -0.15) is 0 Å². The summed E-state index contributed by atoms with van der Waals surface area (Å²) < 4.78 is 26.2. The monoisotopic (exact) mass is 271 g/mol. The molecule has 1 N–H and O–H groups in total. The molecule has 1 unspecified atom stereocenters. The molecular weight excluding hydrogens is 256 g/mol. The largest absolute Gasteiger partial charge is 0.480 e. The highest BCUT2D eigenvalue weighted by Gasteiger charge is 2.21. The number of aliphatic carboxylic acids is 1. The van der Waals surface area contributed by atoms with Gasteiger partial charge in [-0.1, -0.05) is 0 Å². The summed E-state index contributed by atoms with van der Waals surface area (Å²) in [5, 5.41) is 8.76. The molecule has 0 aliphatic heterocycles. The van der Waals surface area contributed by atoms with E-state index in [2.05, 4.69) is 0 Å². The van der Waals surface area contributed by atoms with Crippen molar-refractivity contribution in [1.29, 1.82) is 0 Å². The van der Waals surface area contributed by atoms with Crippen molar-refractivity contribution in [2.45, 2.75) is 25.8 Å². The third-order valence-electron chi connectivity index (χ3n) is 2.95. The Morgan fingerprint density at radius 3 is 2.58 bits per heavy atom. The Hall–Kier alpha value is -1.98. The van der Waals surface area contributed by atoms with Gasteiger partial charge in [-0.25, -0.2) is 13.6 Å². The number of amides is 1. The molecule has 0 heterocycles. The highest BCUT2D eigenvalue weighted by atomic mass is 19.1. The van der Waals surface area contributed by atoms with Crippen molar-refractivity contribution >= 4 is 11.9 Å². The number of nitrogens with zero attached hydrogens (tertiary/aromatic N) is 1. The summed E-state index contributed by atoms with van der Waals surface area (Å²) in [5.74, 6) is -2.70. The van der Waals surface area contributed by atoms with Crippen LogP contribution in [0.15, 0.2) is 18.2 Å². The molecule has 19 heavy (non-hydrogen) atoms. The summed E-state index contributed by atoms with van der Waals surface area (Å²) in [4.78, 5) is 23.5. The molecule has 0 saturated carbocycles. The maximum Gasteiger partial charge on any atom is 0.326 e. The topological polar surface area (TPSA) is 57.6 Å². The Morgan fingerprint density at radius 2 is 2.00 bits per heavy atom. The van der Waals surface area contributed by atoms with Crippen LogP contribution in [0.2, 0.25) is 0 Å². The Morgan fingerprint density at radius 1 is 1.37 bits per heavy atom. The van der Waals surface area contributed by atoms with E-state index in [4.69, 9.17) is 5.11 Å². The van der Waals surface area contributed by atoms with Crippen molar-refractivity contribution in [3.8, 4) is 0 Å². The van der Waals surface area contributed by atoms with Gasteiger partial charge in [0.25, 0.3) is 0 Å². The lowest BCUT2D eigenvalue weighted by atomic mass is 10.1. The number of benzene rings is 1. The number of carbonyl (C=O) groups excluding carboxylic acids is 1. The average Bonchev–Trinajstić information content (AvgIpc) is 2.37. The highest BCUT2D eigenvalue weighted by molar-refractivity contribution is 5.83. The summed E-state index contributed by atoms with van der Waals surface area (Å²) in [7, 11) is 1.36. The van der Waals surface area contributed by atoms with Gasteiger partial charge >= 0.3 is 5.97 Å². The van der Waals surface area contributed by atoms with E-state index < -0.39 is 29.6 Å². The number of aryl methyl sites for hydroxylation is 1. The summed E-state index contributed by atoms with van der Waals surface area (Å²) in [6, 6.07) is 2.08. The van der Waals surface area contributed by atoms with Crippen LogP contribution in [0.5, 0.6) is 0 Å². The fraction of sp³-hybridized carbons (Fsp3) is 0.385. The van der Waals surface area contributed by atoms with Crippen molar-refractivity contribution < 1.29 is 23.5 Å². The van der Waals surface area contributed by atoms with Gasteiger partial charge in [0, 0.05) is 13.5 Å². The molecule has 1 aromatic rings. The van der Waals surface area contributed by atoms with E-state index >= 15 is 0 Å². The van der Waals surface area contributed by atoms with Gasteiger partial charge in [0.1, 0.15) is 17.7 Å². The minimum absolute atomic E-state index is 0.0269. The van der Waals surface area contributed by atoms with E-state index in [-0.39, 0.29) is 18.4 Å². The molecule has 0 aliphatic rings. The molecule has 0 radical (unpaired) electrons. The molecule has 0 spiro atoms. The van der Waals surface area contributed by atoms with Gasteiger partial charge in [-0.3, -0.25) is 4.79 Å². The number of hydrogen-bond donors (Lipinski definition) is 1. The van der Waals surface area contributed by atoms with Crippen LogP contribution in [0.4, 0.5) is 8.78 Å². The number of carbonyl (C=O) groups is 2. The molecule has 4 nitrogen and oxygen atoms in total. The van der Waals surface area contributed by atoms with Crippen LogP contribution in [0.1, 0.15) is 18.9 Å². The van der Waals surface area contributed by atoms with Gasteiger partial charge in [-0.05, 0) is 37.1 Å². The van der Waals surface area contributed by atoms with Gasteiger partial charge in [0.15, 0.2) is 0 Å². The normalized spacial score (nSPS) is 12.0. The number of halogens is 2. The molecule has 0 aromatic heterocycles. The van der Waals surface area contributed by atoms with E-state index in [1.165, 1.54) is 14.0 Å². The minimum Gasteiger partial charge on any atom is -0.480 e. The van der Waals surface area contributed by atoms with Gasteiger partial charge < -0.3 is 10.0 Å². The molecule has 0 aliphatic carbocycles. The Kier molecular flexibility index (Phi) is 4.97. The predicted octanol–water partition coefficient (Wildman–Crippen LogP) is 1.83. The fourth-order valence-corrected chi connectivity index (χ4v) is 1.53. The van der Waals surface area contributed by atoms with Gasteiger partial charge in [0.2, 0.25) is 5.91 Å². The first-order valence-corrected chi connectivity index (χ1v) is 5.75. The van der Waals surface area contributed by atoms with Gasteiger partial charge in [0.05, 0.1) is 0 Å². The first-order chi connectivity index (χ1) is 8.82. The summed E-state index contributed by atoms with van der Waals surface area (Å²) >= 11 is 0. The zero-order chi connectivity index (χ0) is 14.6. The Balaban J connectivity index is 2.64. The van der Waals surface area contributed by atoms with E-state index in [1.807, 2.05) is 0 Å². The van der Waals surface area contributed by atoms with Crippen LogP contribution in [-0.2, 0) is 16.0 Å². The van der Waals surface area contributed by atoms with E-state index in [9.17, 15) is 18.4 Å². The predicted molar refractivity (Wildman–Crippen MR) is 64.5 cm³/mol. The molecule has 104 valence electrons. The molecular formula is C13H15F2NO3. The smallest absolute Gasteiger partial charge is 0.326 e. The van der Waals surface area contributed by atoms with Crippen molar-refractivity contribution in [3.05, 3.63) is 35.4 Å². The maximum absolute atomic E-state index is 13.3. The maximum atomic E-state index is 13.3. The Bertz CT molecular complexity index is 491. The third-order valence-corrected chi connectivity index (χ3v) is 2.95. The zero-order valence-electron chi connectivity index (χ0n) is 10.7. The second-order valence-corrected chi connectivity index (χ2v) is 4.25. The number of hydrogen-bond acceptors (Lipinski definition) is 2. The molecule has 1 amide bonds. The summed E-state index contributed by atoms with van der Waals surface area (Å²) in [6.45, 7) is 1.38. The number of likely N-dealkylation sites (N-methyl/N-ethyl adjacent to an activating group) is 1. The number of carboxylic acids is 1. The second kappa shape index (κ2) is 6.26. The standard InChI is InChI=1S/C13H15F2NO3/c1-8(13(18)19)16(2)12(17)6-3-9-7-10(14)4-5-11(9)15/h4-5,7-8H,3,6H2,1-2H3,(H,18,19). The molecule has 6 heteroatoms. The number of rotatable bonds is 5. The first-order valence-electron chi connectivity index (χ1n) is 5.75. The van der Waals surface area contributed by atoms with Crippen LogP contribution in [0, 0.1) is 11.6 Å². The van der Waals surface area contributed by atoms with E-state index in [0.717, 1.165) is 23.1 Å². The lowest BCUT2D eigenvalue weighted by molar-refractivity contribution is -0.148. The zero-order valence-corrected chi connectivity index (χ0v) is 10.7. The van der Waals surface area contributed by atoms with Crippen molar-refractivity contribution in [2.75, 3.05) is 7.05 Å². The minimum atomic E-state index is -1.12. The summed E-state index contributed by atoms with van der Waals surface area (Å²) in [5.41, 5.74) is 0.102. The second-order valence-electron chi connectivity index (χ2n) is 4.25. The van der Waals surface area contributed by atoms with Gasteiger partial charge in [-0.15, -0.1) is 0 Å². The SMILES string of the molecule is CC(C(=O)O)N(C)C(=O)CCc1cc(F)ccc1F. The van der Waals surface area contributed by atoms with Crippen LogP contribution >= 0.6 is 0 Å². The molecule has 0 saturated heterocycles. The molecule has 0 fully saturated rings.